The molecule has 0 atom stereocenters. The lowest BCUT2D eigenvalue weighted by Crippen LogP contribution is -2.39. The third kappa shape index (κ3) is 9.83. The van der Waals surface area contributed by atoms with Gasteiger partial charge in [0.1, 0.15) is 0 Å². The molecule has 1 saturated heterocycles. The van der Waals surface area contributed by atoms with Gasteiger partial charge in [-0.1, -0.05) is 63.6 Å². The highest BCUT2D eigenvalue weighted by molar-refractivity contribution is 5.97. The zero-order valence-electron chi connectivity index (χ0n) is 14.5. The van der Waals surface area contributed by atoms with Crippen LogP contribution in [0.2, 0.25) is 0 Å². The Hall–Kier alpha value is -1.64. The second-order valence-corrected chi connectivity index (χ2v) is 4.04. The van der Waals surface area contributed by atoms with E-state index in [0.717, 1.165) is 6.42 Å². The van der Waals surface area contributed by atoms with Crippen molar-refractivity contribution in [2.45, 2.75) is 60.8 Å². The number of hydrogen-bond donors (Lipinski definition) is 0. The van der Waals surface area contributed by atoms with Gasteiger partial charge in [0.05, 0.1) is 0 Å². The summed E-state index contributed by atoms with van der Waals surface area (Å²) in [6.45, 7) is 12.4. The van der Waals surface area contributed by atoms with Crippen molar-refractivity contribution in [1.29, 1.82) is 0 Å². The largest absolute Gasteiger partial charge is 0.283 e. The van der Waals surface area contributed by atoms with Crippen LogP contribution in [-0.4, -0.2) is 23.3 Å². The van der Waals surface area contributed by atoms with Crippen molar-refractivity contribution in [2.24, 2.45) is 0 Å². The van der Waals surface area contributed by atoms with E-state index < -0.39 is 0 Å². The predicted molar refractivity (Wildman–Crippen MR) is 90.1 cm³/mol. The van der Waals surface area contributed by atoms with Gasteiger partial charge in [0, 0.05) is 19.4 Å². The van der Waals surface area contributed by atoms with Crippen LogP contribution in [0, 0.1) is 6.92 Å². The van der Waals surface area contributed by atoms with Crippen LogP contribution in [0.5, 0.6) is 0 Å². The van der Waals surface area contributed by atoms with Crippen molar-refractivity contribution in [3.8, 4) is 0 Å². The van der Waals surface area contributed by atoms with E-state index in [0.29, 0.717) is 19.4 Å². The zero-order valence-corrected chi connectivity index (χ0v) is 14.5. The van der Waals surface area contributed by atoms with Gasteiger partial charge in [0.2, 0.25) is 11.8 Å². The number of hydrogen-bond acceptors (Lipinski definition) is 2. The van der Waals surface area contributed by atoms with E-state index in [-0.39, 0.29) is 11.8 Å². The van der Waals surface area contributed by atoms with Crippen LogP contribution >= 0.6 is 0 Å². The van der Waals surface area contributed by atoms with Gasteiger partial charge in [-0.15, -0.1) is 0 Å². The fourth-order valence-electron chi connectivity index (χ4n) is 1.69. The molecule has 1 heterocycles. The van der Waals surface area contributed by atoms with Crippen LogP contribution in [0.25, 0.3) is 0 Å². The summed E-state index contributed by atoms with van der Waals surface area (Å²) in [7, 11) is 0. The molecule has 0 radical (unpaired) electrons. The van der Waals surface area contributed by atoms with E-state index in [2.05, 4.69) is 19.1 Å². The number of amides is 2. The maximum Gasteiger partial charge on any atom is 0.229 e. The van der Waals surface area contributed by atoms with Crippen LogP contribution in [-0.2, 0) is 9.59 Å². The lowest BCUT2D eigenvalue weighted by atomic mass is 10.1. The molecule has 0 spiro atoms. The summed E-state index contributed by atoms with van der Waals surface area (Å²) in [5.74, 6) is -0.0301. The Morgan fingerprint density at radius 1 is 0.905 bits per heavy atom. The fraction of sp³-hybridized carbons (Fsp3) is 0.556. The summed E-state index contributed by atoms with van der Waals surface area (Å²) in [6.07, 6.45) is 1.81. The molecule has 0 unspecified atom stereocenters. The molecular weight excluding hydrogens is 262 g/mol. The van der Waals surface area contributed by atoms with Gasteiger partial charge in [-0.3, -0.25) is 14.5 Å². The summed E-state index contributed by atoms with van der Waals surface area (Å²) in [6, 6.07) is 10.3. The maximum absolute atomic E-state index is 10.9. The quantitative estimate of drug-likeness (QED) is 0.710. The lowest BCUT2D eigenvalue weighted by Gasteiger charge is -2.22. The van der Waals surface area contributed by atoms with Crippen molar-refractivity contribution in [3.05, 3.63) is 35.9 Å². The Bertz CT molecular complexity index is 358. The zero-order chi connectivity index (χ0) is 16.7. The molecule has 1 fully saturated rings. The van der Waals surface area contributed by atoms with Crippen LogP contribution in [0.4, 0.5) is 0 Å². The molecule has 1 aromatic carbocycles. The number of nitrogens with zero attached hydrogens (tertiary/aromatic N) is 1. The van der Waals surface area contributed by atoms with Crippen molar-refractivity contribution >= 4 is 11.8 Å². The number of carbonyl (C=O) groups excluding carboxylic acids is 2. The minimum Gasteiger partial charge on any atom is -0.283 e. The molecular formula is C18H31NO2. The average molecular weight is 293 g/mol. The highest BCUT2D eigenvalue weighted by Crippen LogP contribution is 2.10. The molecule has 0 N–H and O–H groups in total. The smallest absolute Gasteiger partial charge is 0.229 e. The van der Waals surface area contributed by atoms with E-state index in [1.165, 1.54) is 10.5 Å². The van der Waals surface area contributed by atoms with Gasteiger partial charge in [-0.25, -0.2) is 0 Å². The van der Waals surface area contributed by atoms with Crippen molar-refractivity contribution in [1.82, 2.24) is 4.90 Å². The van der Waals surface area contributed by atoms with Crippen LogP contribution in [0.1, 0.15) is 59.4 Å². The standard InChI is InChI=1S/C7H11NO2.C7H8.2C2H6/c1-2-8-6(9)4-3-5-7(8)10;1-7-5-3-2-4-6-7;2*1-2/h2-5H2,1H3;2-6H,1H3;2*1-2H3. The maximum atomic E-state index is 10.9. The van der Waals surface area contributed by atoms with Gasteiger partial charge in [0.25, 0.3) is 0 Å². The topological polar surface area (TPSA) is 37.4 Å². The highest BCUT2D eigenvalue weighted by Gasteiger charge is 2.23. The van der Waals surface area contributed by atoms with E-state index in [1.807, 2.05) is 52.8 Å². The Balaban J connectivity index is 0. The summed E-state index contributed by atoms with van der Waals surface area (Å²) < 4.78 is 0. The lowest BCUT2D eigenvalue weighted by molar-refractivity contribution is -0.147. The number of piperidine rings is 1. The van der Waals surface area contributed by atoms with E-state index in [9.17, 15) is 9.59 Å². The van der Waals surface area contributed by atoms with E-state index in [4.69, 9.17) is 0 Å². The SMILES string of the molecule is CC.CC.CCN1C(=O)CCCC1=O.Cc1ccccc1. The number of aryl methyl sites for hydroxylation is 1. The second kappa shape index (κ2) is 14.8. The number of imide groups is 1. The van der Waals surface area contributed by atoms with Gasteiger partial charge < -0.3 is 0 Å². The molecule has 0 bridgehead atoms. The molecule has 3 heteroatoms. The van der Waals surface area contributed by atoms with E-state index >= 15 is 0 Å². The number of rotatable bonds is 1. The monoisotopic (exact) mass is 293 g/mol. The molecule has 3 nitrogen and oxygen atoms in total. The summed E-state index contributed by atoms with van der Waals surface area (Å²) in [5, 5.41) is 0. The molecule has 1 aromatic rings. The van der Waals surface area contributed by atoms with Crippen molar-refractivity contribution in [2.75, 3.05) is 6.54 Å². The van der Waals surface area contributed by atoms with Crippen LogP contribution in [0.3, 0.4) is 0 Å². The minimum absolute atomic E-state index is 0.0150. The summed E-state index contributed by atoms with van der Waals surface area (Å²) >= 11 is 0. The molecule has 0 aromatic heterocycles. The summed E-state index contributed by atoms with van der Waals surface area (Å²) in [5.41, 5.74) is 1.32. The van der Waals surface area contributed by atoms with Crippen LogP contribution in [0.15, 0.2) is 30.3 Å². The molecule has 120 valence electrons. The first kappa shape index (κ1) is 21.7. The van der Waals surface area contributed by atoms with Gasteiger partial charge in [0.15, 0.2) is 0 Å². The predicted octanol–water partition coefficient (Wildman–Crippen LogP) is 4.59. The number of likely N-dealkylation sites (tertiary alicyclic amines) is 1. The molecule has 21 heavy (non-hydrogen) atoms. The average Bonchev–Trinajstić information content (AvgIpc) is 2.53. The molecule has 1 aliphatic heterocycles. The van der Waals surface area contributed by atoms with Gasteiger partial charge in [-0.2, -0.15) is 0 Å². The molecule has 0 aliphatic carbocycles. The molecule has 2 rings (SSSR count). The van der Waals surface area contributed by atoms with Crippen LogP contribution < -0.4 is 0 Å². The third-order valence-corrected chi connectivity index (χ3v) is 2.64. The van der Waals surface area contributed by atoms with Gasteiger partial charge >= 0.3 is 0 Å². The molecule has 2 amide bonds. The summed E-state index contributed by atoms with van der Waals surface area (Å²) in [4.78, 5) is 23.2. The first-order valence-corrected chi connectivity index (χ1v) is 8.00. The molecule has 1 aliphatic rings. The normalized spacial score (nSPS) is 13.0. The third-order valence-electron chi connectivity index (χ3n) is 2.64. The Morgan fingerprint density at radius 3 is 1.57 bits per heavy atom. The molecule has 0 saturated carbocycles. The number of benzene rings is 1. The first-order valence-electron chi connectivity index (χ1n) is 8.00. The van der Waals surface area contributed by atoms with Crippen molar-refractivity contribution < 1.29 is 9.59 Å². The fourth-order valence-corrected chi connectivity index (χ4v) is 1.69. The van der Waals surface area contributed by atoms with Gasteiger partial charge in [-0.05, 0) is 20.3 Å². The van der Waals surface area contributed by atoms with E-state index in [1.54, 1.807) is 0 Å². The van der Waals surface area contributed by atoms with Crippen molar-refractivity contribution in [3.63, 3.8) is 0 Å². The highest BCUT2D eigenvalue weighted by atomic mass is 16.2. The Kier molecular flexibility index (Phi) is 15.2. The Labute approximate surface area is 130 Å². The number of carbonyl (C=O) groups is 2. The minimum atomic E-state index is -0.0150. The Morgan fingerprint density at radius 2 is 1.33 bits per heavy atom. The second-order valence-electron chi connectivity index (χ2n) is 4.04. The first-order chi connectivity index (χ1) is 10.1.